The molecule has 2 aromatic heterocycles. The van der Waals surface area contributed by atoms with Gasteiger partial charge in [0.1, 0.15) is 0 Å². The van der Waals surface area contributed by atoms with Crippen molar-refractivity contribution in [1.82, 2.24) is 19.8 Å². The summed E-state index contributed by atoms with van der Waals surface area (Å²) in [7, 11) is 0. The highest BCUT2D eigenvalue weighted by atomic mass is 16.5. The third-order valence-corrected chi connectivity index (χ3v) is 13.0. The molecule has 2 heterocycles. The average molecular weight is 920 g/mol. The second-order valence-electron chi connectivity index (χ2n) is 19.8. The first kappa shape index (κ1) is 59.6. The van der Waals surface area contributed by atoms with Gasteiger partial charge in [-0.2, -0.15) is 0 Å². The van der Waals surface area contributed by atoms with Gasteiger partial charge >= 0.3 is 0 Å². The van der Waals surface area contributed by atoms with Crippen LogP contribution in [0, 0.1) is 11.8 Å². The number of allylic oxidation sites excluding steroid dienone is 4. The van der Waals surface area contributed by atoms with Gasteiger partial charge in [-0.1, -0.05) is 168 Å². The smallest absolute Gasteiger partial charge is 0.187 e. The number of hydrogen-bond acceptors (Lipinski definition) is 6. The number of nitrogens with zero attached hydrogens (tertiary/aromatic N) is 6. The van der Waals surface area contributed by atoms with Crippen molar-refractivity contribution in [1.29, 1.82) is 0 Å². The molecule has 0 fully saturated rings. The molecule has 0 spiro atoms. The van der Waals surface area contributed by atoms with Crippen molar-refractivity contribution < 1.29 is 18.6 Å². The molecule has 2 rings (SSSR count). The molecule has 0 aromatic carbocycles. The molecule has 0 aliphatic heterocycles. The molecule has 8 heteroatoms. The van der Waals surface area contributed by atoms with E-state index >= 15 is 0 Å². The molecule has 0 N–H and O–H groups in total. The van der Waals surface area contributed by atoms with Crippen LogP contribution >= 0.6 is 0 Å². The van der Waals surface area contributed by atoms with Crippen molar-refractivity contribution in [2.24, 2.45) is 11.8 Å². The van der Waals surface area contributed by atoms with Gasteiger partial charge < -0.3 is 19.3 Å². The summed E-state index contributed by atoms with van der Waals surface area (Å²) in [5.74, 6) is 1.11. The van der Waals surface area contributed by atoms with Crippen LogP contribution < -0.4 is 9.13 Å². The fourth-order valence-electron chi connectivity index (χ4n) is 9.12. The van der Waals surface area contributed by atoms with E-state index in [1.807, 2.05) is 24.8 Å². The van der Waals surface area contributed by atoms with E-state index < -0.39 is 0 Å². The van der Waals surface area contributed by atoms with E-state index in [9.17, 15) is 0 Å². The first-order valence-electron chi connectivity index (χ1n) is 28.1. The van der Waals surface area contributed by atoms with Crippen LogP contribution in [0.2, 0.25) is 0 Å². The van der Waals surface area contributed by atoms with Gasteiger partial charge in [0.2, 0.25) is 0 Å². The lowest BCUT2D eigenvalue weighted by molar-refractivity contribution is -0.703. The molecule has 2 aromatic rings. The maximum atomic E-state index is 6.19. The van der Waals surface area contributed by atoms with Gasteiger partial charge in [-0.3, -0.25) is 9.97 Å². The molecule has 2 unspecified atom stereocenters. The SMILES string of the molecule is CCCCCCCCC=CCCCCCCCCN(CCOCCOCCN(CCCCCCCC/C=C\CCCCCCCC)CC(C)C[n+]1ccncc1)CC(C)C[n+]1ccncc1. The molecule has 0 bridgehead atoms. The molecular formula is C58H106N6O2+2. The largest absolute Gasteiger partial charge is 0.378 e. The molecule has 66 heavy (non-hydrogen) atoms. The Kier molecular flexibility index (Phi) is 41.7. The molecule has 0 amide bonds. The molecule has 0 aliphatic carbocycles. The van der Waals surface area contributed by atoms with Crippen molar-refractivity contribution in [3.05, 3.63) is 73.9 Å². The minimum absolute atomic E-state index is 0.556. The van der Waals surface area contributed by atoms with Gasteiger partial charge in [-0.15, -0.1) is 0 Å². The molecule has 0 aliphatic rings. The van der Waals surface area contributed by atoms with Gasteiger partial charge in [0.25, 0.3) is 0 Å². The van der Waals surface area contributed by atoms with Gasteiger partial charge in [0.05, 0.1) is 51.2 Å². The molecular weight excluding hydrogens is 813 g/mol. The Morgan fingerprint density at radius 2 is 0.697 bits per heavy atom. The van der Waals surface area contributed by atoms with Gasteiger partial charge in [0.15, 0.2) is 37.9 Å². The summed E-state index contributed by atoms with van der Waals surface area (Å²) in [4.78, 5) is 13.7. The first-order chi connectivity index (χ1) is 32.6. The van der Waals surface area contributed by atoms with Crippen LogP contribution in [0.3, 0.4) is 0 Å². The highest BCUT2D eigenvalue weighted by Crippen LogP contribution is 2.13. The fourth-order valence-corrected chi connectivity index (χ4v) is 9.12. The highest BCUT2D eigenvalue weighted by Gasteiger charge is 2.16. The summed E-state index contributed by atoms with van der Waals surface area (Å²) in [6.07, 6.45) is 63.3. The van der Waals surface area contributed by atoms with Crippen molar-refractivity contribution in [2.45, 2.75) is 221 Å². The van der Waals surface area contributed by atoms with Gasteiger partial charge in [-0.05, 0) is 77.3 Å². The third-order valence-electron chi connectivity index (χ3n) is 13.0. The van der Waals surface area contributed by atoms with E-state index in [0.29, 0.717) is 25.0 Å². The Labute approximate surface area is 408 Å². The molecule has 378 valence electrons. The van der Waals surface area contributed by atoms with Crippen LogP contribution in [0.5, 0.6) is 0 Å². The van der Waals surface area contributed by atoms with E-state index in [1.165, 1.54) is 180 Å². The number of rotatable bonds is 49. The van der Waals surface area contributed by atoms with Crippen LogP contribution in [0.4, 0.5) is 0 Å². The summed E-state index contributed by atoms with van der Waals surface area (Å²) in [6.45, 7) is 20.6. The second kappa shape index (κ2) is 46.2. The topological polar surface area (TPSA) is 58.5 Å². The van der Waals surface area contributed by atoms with Crippen LogP contribution in [-0.4, -0.2) is 85.5 Å². The van der Waals surface area contributed by atoms with Crippen molar-refractivity contribution in [3.63, 3.8) is 0 Å². The molecule has 2 atom stereocenters. The number of hydrogen-bond donors (Lipinski definition) is 0. The van der Waals surface area contributed by atoms with Crippen molar-refractivity contribution in [3.8, 4) is 0 Å². The number of unbranched alkanes of at least 4 members (excludes halogenated alkanes) is 24. The van der Waals surface area contributed by atoms with Crippen LogP contribution in [0.15, 0.2) is 73.9 Å². The van der Waals surface area contributed by atoms with E-state index in [0.717, 1.165) is 65.6 Å². The minimum Gasteiger partial charge on any atom is -0.378 e. The second-order valence-corrected chi connectivity index (χ2v) is 19.8. The minimum atomic E-state index is 0.556. The standard InChI is InChI=1S/C58H106N6O2/c1-5-7-9-11-13-15-17-19-21-23-25-27-29-31-33-35-41-61(53-57(3)55-63-43-37-59-38-44-63)47-49-65-51-52-66-50-48-62(54-58(4)56-64-45-39-60-40-46-64)42-36-34-32-30-28-26-24-22-20-18-16-14-12-10-8-6-2/h19-22,37-40,43-46,57-58H,5-18,23-36,41-42,47-56H2,1-4H3/q+2/b21-19-,22-20?. The van der Waals surface area contributed by atoms with Gasteiger partial charge in [0, 0.05) is 38.0 Å². The van der Waals surface area contributed by atoms with E-state index in [2.05, 4.69) is 106 Å². The first-order valence-corrected chi connectivity index (χ1v) is 28.1. The lowest BCUT2D eigenvalue weighted by Gasteiger charge is -2.25. The maximum Gasteiger partial charge on any atom is 0.187 e. The van der Waals surface area contributed by atoms with E-state index in [1.54, 1.807) is 0 Å². The van der Waals surface area contributed by atoms with Crippen LogP contribution in [-0.2, 0) is 22.6 Å². The zero-order valence-corrected chi connectivity index (χ0v) is 43.9. The zero-order valence-electron chi connectivity index (χ0n) is 43.9. The third kappa shape index (κ3) is 38.4. The number of aromatic nitrogens is 4. The summed E-state index contributed by atoms with van der Waals surface area (Å²) in [5, 5.41) is 0. The molecule has 0 radical (unpaired) electrons. The number of ether oxygens (including phenoxy) is 2. The summed E-state index contributed by atoms with van der Waals surface area (Å²) in [5.41, 5.74) is 0. The zero-order chi connectivity index (χ0) is 47.1. The van der Waals surface area contributed by atoms with Crippen molar-refractivity contribution >= 4 is 0 Å². The summed E-state index contributed by atoms with van der Waals surface area (Å²) >= 11 is 0. The summed E-state index contributed by atoms with van der Waals surface area (Å²) in [6, 6.07) is 0. The lowest BCUT2D eigenvalue weighted by atomic mass is 10.1. The molecule has 0 saturated heterocycles. The highest BCUT2D eigenvalue weighted by molar-refractivity contribution is 4.82. The van der Waals surface area contributed by atoms with Crippen molar-refractivity contribution in [2.75, 3.05) is 65.7 Å². The Balaban J connectivity index is 1.64. The fraction of sp³-hybridized carbons (Fsp3) is 0.793. The van der Waals surface area contributed by atoms with Crippen LogP contribution in [0.25, 0.3) is 0 Å². The molecule has 0 saturated carbocycles. The predicted octanol–water partition coefficient (Wildman–Crippen LogP) is 13.7. The Morgan fingerprint density at radius 3 is 1.03 bits per heavy atom. The van der Waals surface area contributed by atoms with Crippen LogP contribution in [0.1, 0.15) is 207 Å². The summed E-state index contributed by atoms with van der Waals surface area (Å²) < 4.78 is 16.9. The quantitative estimate of drug-likeness (QED) is 0.0374. The monoisotopic (exact) mass is 919 g/mol. The maximum absolute atomic E-state index is 6.19. The Hall–Kier alpha value is -2.52. The Bertz CT molecular complexity index is 1230. The molecule has 8 nitrogen and oxygen atoms in total. The average Bonchev–Trinajstić information content (AvgIpc) is 3.32. The Morgan fingerprint density at radius 1 is 0.394 bits per heavy atom. The lowest BCUT2D eigenvalue weighted by Crippen LogP contribution is -2.41. The van der Waals surface area contributed by atoms with E-state index in [4.69, 9.17) is 9.47 Å². The predicted molar refractivity (Wildman–Crippen MR) is 281 cm³/mol. The van der Waals surface area contributed by atoms with Gasteiger partial charge in [-0.25, -0.2) is 9.13 Å². The van der Waals surface area contributed by atoms with E-state index in [-0.39, 0.29) is 0 Å². The normalized spacial score (nSPS) is 13.0.